The highest BCUT2D eigenvalue weighted by molar-refractivity contribution is 5.73. The van der Waals surface area contributed by atoms with Crippen LogP contribution in [0.15, 0.2) is 36.5 Å². The predicted octanol–water partition coefficient (Wildman–Crippen LogP) is 3.97. The third kappa shape index (κ3) is 6.83. The van der Waals surface area contributed by atoms with Gasteiger partial charge in [0.15, 0.2) is 0 Å². The van der Waals surface area contributed by atoms with Crippen LogP contribution < -0.4 is 15.0 Å². The molecule has 0 spiro atoms. The monoisotopic (exact) mass is 481 g/mol. The number of nitrogens with zero attached hydrogens (tertiary/aromatic N) is 2. The number of alkyl halides is 3. The van der Waals surface area contributed by atoms with E-state index in [0.717, 1.165) is 57.3 Å². The minimum atomic E-state index is -5.08. The molecule has 34 heavy (non-hydrogen) atoms. The first-order valence-electron chi connectivity index (χ1n) is 11.2. The smallest absolute Gasteiger partial charge is 0.490 e. The van der Waals surface area contributed by atoms with Crippen molar-refractivity contribution >= 4 is 11.8 Å². The van der Waals surface area contributed by atoms with Crippen LogP contribution in [0.25, 0.3) is 0 Å². The summed E-state index contributed by atoms with van der Waals surface area (Å²) in [5, 5.41) is 10.9. The summed E-state index contributed by atoms with van der Waals surface area (Å²) < 4.78 is 42.6. The molecule has 1 aromatic heterocycles. The maximum absolute atomic E-state index is 10.6. The molecule has 0 saturated carbocycles. The molecule has 2 atom stereocenters. The number of hydrogen-bond donors (Lipinski definition) is 2. The fourth-order valence-electron chi connectivity index (χ4n) is 4.27. The number of benzene rings is 1. The van der Waals surface area contributed by atoms with E-state index in [1.807, 2.05) is 12.3 Å². The zero-order valence-electron chi connectivity index (χ0n) is 19.3. The van der Waals surface area contributed by atoms with Crippen molar-refractivity contribution in [2.75, 3.05) is 38.3 Å². The lowest BCUT2D eigenvalue weighted by Gasteiger charge is -2.32. The predicted molar refractivity (Wildman–Crippen MR) is 121 cm³/mol. The van der Waals surface area contributed by atoms with Crippen LogP contribution in [0, 0.1) is 5.92 Å². The van der Waals surface area contributed by atoms with E-state index in [-0.39, 0.29) is 0 Å². The summed E-state index contributed by atoms with van der Waals surface area (Å²) in [7, 11) is 1.74. The molecule has 2 aromatic rings. The molecule has 0 amide bonds. The van der Waals surface area contributed by atoms with Crippen LogP contribution >= 0.6 is 0 Å². The number of aliphatic carboxylic acids is 1. The molecule has 2 unspecified atom stereocenters. The lowest BCUT2D eigenvalue weighted by Crippen LogP contribution is -2.38. The summed E-state index contributed by atoms with van der Waals surface area (Å²) in [6.07, 6.45) is -0.915. The number of rotatable bonds is 5. The van der Waals surface area contributed by atoms with Crippen molar-refractivity contribution in [2.24, 2.45) is 5.92 Å². The highest BCUT2D eigenvalue weighted by Crippen LogP contribution is 2.35. The van der Waals surface area contributed by atoms with Gasteiger partial charge in [-0.05, 0) is 48.1 Å². The van der Waals surface area contributed by atoms with Crippen molar-refractivity contribution in [3.8, 4) is 5.75 Å². The van der Waals surface area contributed by atoms with E-state index in [4.69, 9.17) is 19.4 Å². The van der Waals surface area contributed by atoms with Crippen LogP contribution in [0.2, 0.25) is 0 Å². The number of carboxylic acid groups (broad SMARTS) is 1. The van der Waals surface area contributed by atoms with Crippen LogP contribution in [0.3, 0.4) is 0 Å². The number of halogens is 3. The molecular weight excluding hydrogens is 451 g/mol. The summed E-state index contributed by atoms with van der Waals surface area (Å²) in [6.45, 7) is 6.53. The van der Waals surface area contributed by atoms with Gasteiger partial charge in [0.2, 0.25) is 0 Å². The Kier molecular flexibility index (Phi) is 8.73. The van der Waals surface area contributed by atoms with Gasteiger partial charge in [0.05, 0.1) is 20.3 Å². The Balaban J connectivity index is 0.000000406. The molecule has 2 N–H and O–H groups in total. The number of anilines is 1. The third-order valence-electron chi connectivity index (χ3n) is 5.89. The van der Waals surface area contributed by atoms with Gasteiger partial charge in [0, 0.05) is 37.4 Å². The Morgan fingerprint density at radius 3 is 2.65 bits per heavy atom. The Bertz CT molecular complexity index is 965. The molecule has 7 nitrogen and oxygen atoms in total. The van der Waals surface area contributed by atoms with Gasteiger partial charge in [-0.2, -0.15) is 13.2 Å². The van der Waals surface area contributed by atoms with Crippen LogP contribution in [-0.2, 0) is 22.5 Å². The summed E-state index contributed by atoms with van der Waals surface area (Å²) in [4.78, 5) is 15.9. The molecular formula is C24H30F3N3O4. The van der Waals surface area contributed by atoms with E-state index in [1.54, 1.807) is 7.11 Å². The second kappa shape index (κ2) is 11.5. The van der Waals surface area contributed by atoms with E-state index < -0.39 is 12.1 Å². The topological polar surface area (TPSA) is 83.9 Å². The molecule has 10 heteroatoms. The molecule has 186 valence electrons. The van der Waals surface area contributed by atoms with Gasteiger partial charge in [-0.3, -0.25) is 0 Å². The Hall–Kier alpha value is -2.85. The highest BCUT2D eigenvalue weighted by atomic mass is 19.4. The fraction of sp³-hybridized carbons (Fsp3) is 0.500. The van der Waals surface area contributed by atoms with Gasteiger partial charge < -0.3 is 24.8 Å². The second-order valence-corrected chi connectivity index (χ2v) is 8.43. The lowest BCUT2D eigenvalue weighted by atomic mass is 9.81. The number of methoxy groups -OCH3 is 1. The Labute approximate surface area is 196 Å². The number of aromatic nitrogens is 1. The van der Waals surface area contributed by atoms with Gasteiger partial charge in [0.25, 0.3) is 0 Å². The number of fused-ring (bicyclic) bond motifs is 1. The van der Waals surface area contributed by atoms with E-state index in [9.17, 15) is 13.2 Å². The van der Waals surface area contributed by atoms with Gasteiger partial charge in [-0.25, -0.2) is 9.78 Å². The molecule has 2 heterocycles. The van der Waals surface area contributed by atoms with Crippen molar-refractivity contribution in [3.63, 3.8) is 0 Å². The number of nitrogens with one attached hydrogen (secondary N) is 1. The number of carbonyl (C=O) groups is 1. The van der Waals surface area contributed by atoms with E-state index in [0.29, 0.717) is 12.0 Å². The first-order valence-corrected chi connectivity index (χ1v) is 11.2. The second-order valence-electron chi connectivity index (χ2n) is 8.43. The normalized spacial score (nSPS) is 20.1. The summed E-state index contributed by atoms with van der Waals surface area (Å²) in [6, 6.07) is 11.1. The first-order chi connectivity index (χ1) is 16.2. The number of hydrogen-bond acceptors (Lipinski definition) is 6. The third-order valence-corrected chi connectivity index (χ3v) is 5.89. The van der Waals surface area contributed by atoms with Crippen molar-refractivity contribution in [1.82, 2.24) is 10.3 Å². The van der Waals surface area contributed by atoms with E-state index in [2.05, 4.69) is 46.4 Å². The fourth-order valence-corrected chi connectivity index (χ4v) is 4.27. The molecule has 1 saturated heterocycles. The lowest BCUT2D eigenvalue weighted by molar-refractivity contribution is -0.192. The average molecular weight is 482 g/mol. The number of ether oxygens (including phenoxy) is 2. The maximum Gasteiger partial charge on any atom is 0.490 e. The molecule has 1 aliphatic carbocycles. The molecule has 1 aromatic carbocycles. The van der Waals surface area contributed by atoms with Crippen LogP contribution in [-0.4, -0.2) is 55.6 Å². The van der Waals surface area contributed by atoms with Crippen molar-refractivity contribution in [2.45, 2.75) is 38.5 Å². The Morgan fingerprint density at radius 2 is 2.00 bits per heavy atom. The van der Waals surface area contributed by atoms with Crippen molar-refractivity contribution in [1.29, 1.82) is 0 Å². The Morgan fingerprint density at radius 1 is 1.29 bits per heavy atom. The van der Waals surface area contributed by atoms with Gasteiger partial charge in [-0.1, -0.05) is 19.1 Å². The van der Waals surface area contributed by atoms with Gasteiger partial charge in [0.1, 0.15) is 11.6 Å². The largest absolute Gasteiger partial charge is 0.497 e. The molecule has 1 fully saturated rings. The standard InChI is InChI=1S/C22H29N3O2.C2HF3O2/c1-16-12-18-14-19(26-2)5-6-20(18)21(13-16)24-15-17-4-3-7-23-22(17)25-8-10-27-11-9-25;3-2(4,5)1(6)7/h3-7,14,16,21,24H,8-13,15H2,1-2H3;(H,6,7). The summed E-state index contributed by atoms with van der Waals surface area (Å²) >= 11 is 0. The minimum absolute atomic E-state index is 0.368. The van der Waals surface area contributed by atoms with E-state index >= 15 is 0 Å². The number of pyridine rings is 1. The van der Waals surface area contributed by atoms with Crippen LogP contribution in [0.1, 0.15) is 36.1 Å². The zero-order valence-corrected chi connectivity index (χ0v) is 19.3. The molecule has 0 radical (unpaired) electrons. The zero-order chi connectivity index (χ0) is 24.7. The molecule has 4 rings (SSSR count). The van der Waals surface area contributed by atoms with E-state index in [1.165, 1.54) is 16.7 Å². The minimum Gasteiger partial charge on any atom is -0.497 e. The summed E-state index contributed by atoms with van der Waals surface area (Å²) in [5.74, 6) is -0.0576. The average Bonchev–Trinajstić information content (AvgIpc) is 2.82. The first kappa shape index (κ1) is 25.8. The quantitative estimate of drug-likeness (QED) is 0.669. The summed E-state index contributed by atoms with van der Waals surface area (Å²) in [5.41, 5.74) is 4.07. The molecule has 1 aliphatic heterocycles. The van der Waals surface area contributed by atoms with Crippen molar-refractivity contribution < 1.29 is 32.5 Å². The number of carboxylic acids is 1. The van der Waals surface area contributed by atoms with Gasteiger partial charge in [-0.15, -0.1) is 0 Å². The molecule has 2 aliphatic rings. The van der Waals surface area contributed by atoms with Gasteiger partial charge >= 0.3 is 12.1 Å². The highest BCUT2D eigenvalue weighted by Gasteiger charge is 2.38. The van der Waals surface area contributed by atoms with Crippen molar-refractivity contribution in [3.05, 3.63) is 53.2 Å². The van der Waals surface area contributed by atoms with Crippen LogP contribution in [0.4, 0.5) is 19.0 Å². The maximum atomic E-state index is 10.6. The number of morpholine rings is 1. The molecule has 0 bridgehead atoms. The SMILES string of the molecule is COc1ccc2c(c1)CC(C)CC2NCc1cccnc1N1CCOCC1.O=C(O)C(F)(F)F. The van der Waals surface area contributed by atoms with Crippen LogP contribution in [0.5, 0.6) is 5.75 Å².